The minimum absolute atomic E-state index is 0.526. The first-order valence-corrected chi connectivity index (χ1v) is 8.41. The Morgan fingerprint density at radius 3 is 2.33 bits per heavy atom. The summed E-state index contributed by atoms with van der Waals surface area (Å²) in [6, 6.07) is 24.1. The summed E-state index contributed by atoms with van der Waals surface area (Å²) in [6.45, 7) is 1.97. The molecule has 0 amide bonds. The lowest BCUT2D eigenvalue weighted by Crippen LogP contribution is -2.19. The Labute approximate surface area is 152 Å². The number of aryl methyl sites for hydroxylation is 1. The molecule has 2 nitrogen and oxygen atoms in total. The van der Waals surface area contributed by atoms with Gasteiger partial charge in [0.25, 0.3) is 0 Å². The van der Waals surface area contributed by atoms with Gasteiger partial charge in [0.05, 0.1) is 0 Å². The highest BCUT2D eigenvalue weighted by molar-refractivity contribution is 7.80. The van der Waals surface area contributed by atoms with E-state index in [0.29, 0.717) is 10.1 Å². The second-order valence-corrected chi connectivity index (χ2v) is 6.27. The van der Waals surface area contributed by atoms with Gasteiger partial charge in [-0.05, 0) is 48.5 Å². The van der Waals surface area contributed by atoms with E-state index in [2.05, 4.69) is 28.8 Å². The zero-order valence-corrected chi connectivity index (χ0v) is 14.8. The minimum Gasteiger partial charge on any atom is -0.332 e. The predicted molar refractivity (Wildman–Crippen MR) is 108 cm³/mol. The van der Waals surface area contributed by atoms with Gasteiger partial charge in [-0.2, -0.15) is 0 Å². The van der Waals surface area contributed by atoms with Gasteiger partial charge < -0.3 is 10.6 Å². The van der Waals surface area contributed by atoms with Gasteiger partial charge in [-0.1, -0.05) is 66.2 Å². The van der Waals surface area contributed by atoms with E-state index in [0.717, 1.165) is 28.1 Å². The topological polar surface area (TPSA) is 24.1 Å². The predicted octanol–water partition coefficient (Wildman–Crippen LogP) is 6.12. The van der Waals surface area contributed by atoms with E-state index in [1.165, 1.54) is 0 Å². The van der Waals surface area contributed by atoms with E-state index in [1.807, 2.05) is 61.5 Å². The SMILES string of the molecule is Cc1ccc(NC(=S)Nc2ccccc2-c2ccccc2)cc1Cl. The number of thiocarbonyl (C=S) groups is 1. The maximum absolute atomic E-state index is 6.16. The van der Waals surface area contributed by atoms with E-state index in [9.17, 15) is 0 Å². The smallest absolute Gasteiger partial charge is 0.175 e. The van der Waals surface area contributed by atoms with Crippen molar-refractivity contribution in [1.29, 1.82) is 0 Å². The Bertz CT molecular complexity index is 863. The second kappa shape index (κ2) is 7.47. The third kappa shape index (κ3) is 3.94. The molecule has 0 aliphatic rings. The highest BCUT2D eigenvalue weighted by atomic mass is 35.5. The van der Waals surface area contributed by atoms with Crippen LogP contribution in [0, 0.1) is 6.92 Å². The lowest BCUT2D eigenvalue weighted by molar-refractivity contribution is 1.46. The van der Waals surface area contributed by atoms with Crippen molar-refractivity contribution in [2.45, 2.75) is 6.92 Å². The number of benzene rings is 3. The molecule has 0 atom stereocenters. The standard InChI is InChI=1S/C20H17ClN2S/c1-14-11-12-16(13-18(14)21)22-20(24)23-19-10-6-5-9-17(19)15-7-3-2-4-8-15/h2-13H,1H3,(H2,22,23,24). The zero-order valence-electron chi connectivity index (χ0n) is 13.2. The number of para-hydroxylation sites is 1. The highest BCUT2D eigenvalue weighted by Crippen LogP contribution is 2.28. The van der Waals surface area contributed by atoms with Gasteiger partial charge in [-0.15, -0.1) is 0 Å². The van der Waals surface area contributed by atoms with Crippen molar-refractivity contribution in [1.82, 2.24) is 0 Å². The molecule has 0 saturated heterocycles. The van der Waals surface area contributed by atoms with E-state index in [-0.39, 0.29) is 0 Å². The molecule has 2 N–H and O–H groups in total. The summed E-state index contributed by atoms with van der Waals surface area (Å²) in [4.78, 5) is 0. The Balaban J connectivity index is 1.79. The highest BCUT2D eigenvalue weighted by Gasteiger charge is 2.06. The van der Waals surface area contributed by atoms with Gasteiger partial charge in [-0.25, -0.2) is 0 Å². The Morgan fingerprint density at radius 2 is 1.58 bits per heavy atom. The molecular weight excluding hydrogens is 336 g/mol. The molecule has 0 radical (unpaired) electrons. The number of nitrogens with one attached hydrogen (secondary N) is 2. The average molecular weight is 353 g/mol. The van der Waals surface area contributed by atoms with Crippen LogP contribution in [-0.4, -0.2) is 5.11 Å². The van der Waals surface area contributed by atoms with Crippen LogP contribution in [0.2, 0.25) is 5.02 Å². The van der Waals surface area contributed by atoms with Crippen molar-refractivity contribution < 1.29 is 0 Å². The zero-order chi connectivity index (χ0) is 16.9. The van der Waals surface area contributed by atoms with Gasteiger partial charge in [0.2, 0.25) is 0 Å². The molecule has 0 bridgehead atoms. The molecule has 0 saturated carbocycles. The van der Waals surface area contributed by atoms with Crippen LogP contribution in [0.4, 0.5) is 11.4 Å². The van der Waals surface area contributed by atoms with Crippen LogP contribution < -0.4 is 10.6 Å². The maximum Gasteiger partial charge on any atom is 0.175 e. The number of halogens is 1. The van der Waals surface area contributed by atoms with E-state index in [1.54, 1.807) is 0 Å². The summed E-state index contributed by atoms with van der Waals surface area (Å²) in [5, 5.41) is 7.68. The fraction of sp³-hybridized carbons (Fsp3) is 0.0500. The lowest BCUT2D eigenvalue weighted by atomic mass is 10.0. The summed E-state index contributed by atoms with van der Waals surface area (Å²) >= 11 is 11.6. The normalized spacial score (nSPS) is 10.2. The summed E-state index contributed by atoms with van der Waals surface area (Å²) in [5.74, 6) is 0. The number of hydrogen-bond donors (Lipinski definition) is 2. The molecule has 0 heterocycles. The third-order valence-electron chi connectivity index (χ3n) is 3.69. The molecule has 3 aromatic carbocycles. The van der Waals surface area contributed by atoms with Crippen molar-refractivity contribution in [3.8, 4) is 11.1 Å². The molecule has 0 aliphatic carbocycles. The van der Waals surface area contributed by atoms with Crippen molar-refractivity contribution in [3.05, 3.63) is 83.4 Å². The average Bonchev–Trinajstić information content (AvgIpc) is 2.59. The largest absolute Gasteiger partial charge is 0.332 e. The molecule has 24 heavy (non-hydrogen) atoms. The Hall–Kier alpha value is -2.36. The number of hydrogen-bond acceptors (Lipinski definition) is 1. The van der Waals surface area contributed by atoms with Crippen molar-refractivity contribution in [3.63, 3.8) is 0 Å². The van der Waals surface area contributed by atoms with Gasteiger partial charge in [0, 0.05) is 22.0 Å². The first kappa shape index (κ1) is 16.5. The van der Waals surface area contributed by atoms with Crippen LogP contribution >= 0.6 is 23.8 Å². The third-order valence-corrected chi connectivity index (χ3v) is 4.30. The minimum atomic E-state index is 0.526. The van der Waals surface area contributed by atoms with Gasteiger partial charge in [-0.3, -0.25) is 0 Å². The van der Waals surface area contributed by atoms with Crippen LogP contribution in [0.3, 0.4) is 0 Å². The number of rotatable bonds is 3. The molecule has 3 aromatic rings. The van der Waals surface area contributed by atoms with Crippen molar-refractivity contribution >= 4 is 40.3 Å². The summed E-state index contributed by atoms with van der Waals surface area (Å²) in [6.07, 6.45) is 0. The first-order valence-electron chi connectivity index (χ1n) is 7.62. The molecule has 3 rings (SSSR count). The molecular formula is C20H17ClN2S. The second-order valence-electron chi connectivity index (χ2n) is 5.45. The molecule has 4 heteroatoms. The van der Waals surface area contributed by atoms with E-state index >= 15 is 0 Å². The van der Waals surface area contributed by atoms with Gasteiger partial charge in [0.1, 0.15) is 0 Å². The van der Waals surface area contributed by atoms with Crippen LogP contribution in [0.15, 0.2) is 72.8 Å². The van der Waals surface area contributed by atoms with Crippen LogP contribution in [0.5, 0.6) is 0 Å². The summed E-state index contributed by atoms with van der Waals surface area (Å²) < 4.78 is 0. The summed E-state index contributed by atoms with van der Waals surface area (Å²) in [7, 11) is 0. The first-order chi connectivity index (χ1) is 11.6. The van der Waals surface area contributed by atoms with Crippen molar-refractivity contribution in [2.24, 2.45) is 0 Å². The van der Waals surface area contributed by atoms with Crippen LogP contribution in [-0.2, 0) is 0 Å². The van der Waals surface area contributed by atoms with Crippen LogP contribution in [0.25, 0.3) is 11.1 Å². The quantitative estimate of drug-likeness (QED) is 0.555. The molecule has 0 aromatic heterocycles. The molecule has 0 aliphatic heterocycles. The van der Waals surface area contributed by atoms with Crippen LogP contribution in [0.1, 0.15) is 5.56 Å². The fourth-order valence-corrected chi connectivity index (χ4v) is 2.83. The van der Waals surface area contributed by atoms with E-state index in [4.69, 9.17) is 23.8 Å². The number of anilines is 2. The molecule has 0 spiro atoms. The fourth-order valence-electron chi connectivity index (χ4n) is 2.42. The lowest BCUT2D eigenvalue weighted by Gasteiger charge is -2.14. The maximum atomic E-state index is 6.16. The van der Waals surface area contributed by atoms with Crippen molar-refractivity contribution in [2.75, 3.05) is 10.6 Å². The monoisotopic (exact) mass is 352 g/mol. The Kier molecular flexibility index (Phi) is 5.14. The van der Waals surface area contributed by atoms with E-state index < -0.39 is 0 Å². The molecule has 120 valence electrons. The van der Waals surface area contributed by atoms with Gasteiger partial charge in [0.15, 0.2) is 5.11 Å². The van der Waals surface area contributed by atoms with Gasteiger partial charge >= 0.3 is 0 Å². The molecule has 0 fully saturated rings. The Morgan fingerprint density at radius 1 is 0.875 bits per heavy atom. The summed E-state index contributed by atoms with van der Waals surface area (Å²) in [5.41, 5.74) is 5.10. The molecule has 0 unspecified atom stereocenters.